The van der Waals surface area contributed by atoms with Gasteiger partial charge in [-0.3, -0.25) is 4.68 Å². The number of aryl methyl sites for hydroxylation is 3. The van der Waals surface area contributed by atoms with Crippen molar-refractivity contribution in [3.63, 3.8) is 0 Å². The highest BCUT2D eigenvalue weighted by molar-refractivity contribution is 6.30. The lowest BCUT2D eigenvalue weighted by Gasteiger charge is -2.14. The molecule has 5 nitrogen and oxygen atoms in total. The summed E-state index contributed by atoms with van der Waals surface area (Å²) >= 11 is 6.26. The van der Waals surface area contributed by atoms with E-state index in [9.17, 15) is 0 Å². The summed E-state index contributed by atoms with van der Waals surface area (Å²) in [5.74, 6) is 0.771. The van der Waals surface area contributed by atoms with Gasteiger partial charge in [0.1, 0.15) is 11.0 Å². The van der Waals surface area contributed by atoms with Crippen LogP contribution in [-0.4, -0.2) is 26.8 Å². The van der Waals surface area contributed by atoms with Gasteiger partial charge < -0.3 is 5.32 Å². The minimum atomic E-state index is 0.0287. The lowest BCUT2D eigenvalue weighted by molar-refractivity contribution is 0.555. The second-order valence-corrected chi connectivity index (χ2v) is 5.00. The highest BCUT2D eigenvalue weighted by atomic mass is 35.5. The Balaban J connectivity index is 2.26. The van der Waals surface area contributed by atoms with Crippen molar-refractivity contribution in [3.8, 4) is 0 Å². The van der Waals surface area contributed by atoms with Crippen LogP contribution in [0, 0.1) is 13.8 Å². The predicted molar refractivity (Wildman–Crippen MR) is 75.2 cm³/mol. The Labute approximate surface area is 118 Å². The summed E-state index contributed by atoms with van der Waals surface area (Å²) in [7, 11) is 3.74. The van der Waals surface area contributed by atoms with E-state index in [2.05, 4.69) is 20.4 Å². The van der Waals surface area contributed by atoms with Crippen molar-refractivity contribution in [1.82, 2.24) is 25.1 Å². The summed E-state index contributed by atoms with van der Waals surface area (Å²) in [6.07, 6.45) is 4.37. The van der Waals surface area contributed by atoms with E-state index < -0.39 is 0 Å². The molecule has 1 N–H and O–H groups in total. The molecule has 2 heterocycles. The van der Waals surface area contributed by atoms with Crippen molar-refractivity contribution in [1.29, 1.82) is 0 Å². The zero-order chi connectivity index (χ0) is 14.0. The maximum absolute atomic E-state index is 6.26. The van der Waals surface area contributed by atoms with Gasteiger partial charge in [-0.05, 0) is 32.9 Å². The van der Waals surface area contributed by atoms with Crippen LogP contribution in [0.4, 0.5) is 0 Å². The summed E-state index contributed by atoms with van der Waals surface area (Å²) in [6, 6.07) is 0.0287. The zero-order valence-corrected chi connectivity index (χ0v) is 12.4. The molecule has 0 fully saturated rings. The summed E-state index contributed by atoms with van der Waals surface area (Å²) in [5, 5.41) is 8.22. The summed E-state index contributed by atoms with van der Waals surface area (Å²) < 4.78 is 1.69. The van der Waals surface area contributed by atoms with Gasteiger partial charge in [-0.25, -0.2) is 9.97 Å². The van der Waals surface area contributed by atoms with E-state index in [0.717, 1.165) is 29.1 Å². The average Bonchev–Trinajstić information content (AvgIpc) is 2.63. The van der Waals surface area contributed by atoms with E-state index in [-0.39, 0.29) is 6.04 Å². The van der Waals surface area contributed by atoms with Crippen LogP contribution in [0.25, 0.3) is 0 Å². The van der Waals surface area contributed by atoms with E-state index in [1.807, 2.05) is 40.3 Å². The molecule has 1 unspecified atom stereocenters. The van der Waals surface area contributed by atoms with Gasteiger partial charge in [0.05, 0.1) is 11.7 Å². The van der Waals surface area contributed by atoms with Gasteiger partial charge in [0.25, 0.3) is 0 Å². The Kier molecular flexibility index (Phi) is 4.17. The Morgan fingerprint density at radius 1 is 1.32 bits per heavy atom. The third-order valence-corrected chi connectivity index (χ3v) is 3.61. The quantitative estimate of drug-likeness (QED) is 0.930. The van der Waals surface area contributed by atoms with Crippen LogP contribution in [0.5, 0.6) is 0 Å². The maximum atomic E-state index is 6.26. The number of hydrogen-bond donors (Lipinski definition) is 1. The second kappa shape index (κ2) is 5.67. The monoisotopic (exact) mass is 279 g/mol. The van der Waals surface area contributed by atoms with Crippen LogP contribution in [0.2, 0.25) is 5.15 Å². The summed E-state index contributed by atoms with van der Waals surface area (Å²) in [5.41, 5.74) is 3.03. The largest absolute Gasteiger partial charge is 0.310 e. The van der Waals surface area contributed by atoms with Crippen molar-refractivity contribution in [2.24, 2.45) is 7.05 Å². The minimum Gasteiger partial charge on any atom is -0.310 e. The first-order valence-electron chi connectivity index (χ1n) is 6.16. The van der Waals surface area contributed by atoms with Crippen molar-refractivity contribution >= 4 is 11.6 Å². The minimum absolute atomic E-state index is 0.0287. The molecule has 19 heavy (non-hydrogen) atoms. The number of nitrogens with zero attached hydrogens (tertiary/aromatic N) is 4. The van der Waals surface area contributed by atoms with Gasteiger partial charge >= 0.3 is 0 Å². The van der Waals surface area contributed by atoms with Gasteiger partial charge in [-0.15, -0.1) is 0 Å². The first kappa shape index (κ1) is 14.0. The summed E-state index contributed by atoms with van der Waals surface area (Å²) in [4.78, 5) is 8.74. The molecule has 2 aromatic heterocycles. The lowest BCUT2D eigenvalue weighted by atomic mass is 10.1. The van der Waals surface area contributed by atoms with Gasteiger partial charge in [0.15, 0.2) is 0 Å². The molecule has 0 aromatic carbocycles. The Morgan fingerprint density at radius 2 is 1.95 bits per heavy atom. The molecular weight excluding hydrogens is 262 g/mol. The SMILES string of the molecule is CNC(Cc1c(C)nn(C)c1Cl)c1ncc(C)cn1. The molecule has 0 bridgehead atoms. The van der Waals surface area contributed by atoms with Crippen molar-refractivity contribution < 1.29 is 0 Å². The van der Waals surface area contributed by atoms with Gasteiger partial charge in [-0.1, -0.05) is 11.6 Å². The maximum Gasteiger partial charge on any atom is 0.145 e. The van der Waals surface area contributed by atoms with E-state index in [1.54, 1.807) is 4.68 Å². The van der Waals surface area contributed by atoms with Crippen LogP contribution in [0.3, 0.4) is 0 Å². The fourth-order valence-corrected chi connectivity index (χ4v) is 2.27. The fourth-order valence-electron chi connectivity index (χ4n) is 2.01. The molecule has 1 atom stereocenters. The average molecular weight is 280 g/mol. The standard InChI is InChI=1S/C13H18ClN5/c1-8-6-16-13(17-7-8)11(15-3)5-10-9(2)18-19(4)12(10)14/h6-7,11,15H,5H2,1-4H3. The Bertz CT molecular complexity index is 561. The van der Waals surface area contributed by atoms with Crippen LogP contribution < -0.4 is 5.32 Å². The molecule has 102 valence electrons. The van der Waals surface area contributed by atoms with Crippen molar-refractivity contribution in [2.75, 3.05) is 7.05 Å². The molecule has 6 heteroatoms. The van der Waals surface area contributed by atoms with Gasteiger partial charge in [0, 0.05) is 25.0 Å². The van der Waals surface area contributed by atoms with Crippen LogP contribution in [0.15, 0.2) is 12.4 Å². The van der Waals surface area contributed by atoms with E-state index in [4.69, 9.17) is 11.6 Å². The van der Waals surface area contributed by atoms with Crippen LogP contribution in [-0.2, 0) is 13.5 Å². The number of likely N-dealkylation sites (N-methyl/N-ethyl adjacent to an activating group) is 1. The molecule has 0 aliphatic carbocycles. The van der Waals surface area contributed by atoms with Crippen LogP contribution in [0.1, 0.15) is 28.7 Å². The molecule has 0 aliphatic rings. The van der Waals surface area contributed by atoms with Gasteiger partial charge in [-0.2, -0.15) is 5.10 Å². The fraction of sp³-hybridized carbons (Fsp3) is 0.462. The van der Waals surface area contributed by atoms with E-state index in [1.165, 1.54) is 0 Å². The Hall–Kier alpha value is -1.46. The molecule has 0 radical (unpaired) electrons. The molecule has 0 spiro atoms. The molecule has 0 saturated carbocycles. The van der Waals surface area contributed by atoms with Gasteiger partial charge in [0.2, 0.25) is 0 Å². The summed E-state index contributed by atoms with van der Waals surface area (Å²) in [6.45, 7) is 3.93. The number of nitrogens with one attached hydrogen (secondary N) is 1. The van der Waals surface area contributed by atoms with Crippen LogP contribution >= 0.6 is 11.6 Å². The first-order chi connectivity index (χ1) is 9.02. The molecular formula is C13H18ClN5. The number of halogens is 1. The highest BCUT2D eigenvalue weighted by Gasteiger charge is 2.19. The molecule has 0 aliphatic heterocycles. The van der Waals surface area contributed by atoms with E-state index in [0.29, 0.717) is 5.15 Å². The third kappa shape index (κ3) is 2.93. The van der Waals surface area contributed by atoms with Crippen molar-refractivity contribution in [2.45, 2.75) is 26.3 Å². The topological polar surface area (TPSA) is 55.6 Å². The number of rotatable bonds is 4. The Morgan fingerprint density at radius 3 is 2.42 bits per heavy atom. The molecule has 2 aromatic rings. The first-order valence-corrected chi connectivity index (χ1v) is 6.54. The van der Waals surface area contributed by atoms with E-state index >= 15 is 0 Å². The lowest BCUT2D eigenvalue weighted by Crippen LogP contribution is -2.21. The molecule has 0 amide bonds. The normalized spacial score (nSPS) is 12.7. The smallest absolute Gasteiger partial charge is 0.145 e. The zero-order valence-electron chi connectivity index (χ0n) is 11.6. The van der Waals surface area contributed by atoms with Crippen molar-refractivity contribution in [3.05, 3.63) is 40.2 Å². The highest BCUT2D eigenvalue weighted by Crippen LogP contribution is 2.24. The number of hydrogen-bond acceptors (Lipinski definition) is 4. The number of aromatic nitrogens is 4. The predicted octanol–water partition coefficient (Wildman–Crippen LogP) is 1.98. The molecule has 2 rings (SSSR count). The molecule has 0 saturated heterocycles. The third-order valence-electron chi connectivity index (χ3n) is 3.14. The second-order valence-electron chi connectivity index (χ2n) is 4.64.